The van der Waals surface area contributed by atoms with E-state index >= 15 is 0 Å². The summed E-state index contributed by atoms with van der Waals surface area (Å²) in [5, 5.41) is 14.5. The summed E-state index contributed by atoms with van der Waals surface area (Å²) in [7, 11) is 3.50. The molecule has 1 N–H and O–H groups in total. The highest BCUT2D eigenvalue weighted by molar-refractivity contribution is 6.33. The monoisotopic (exact) mass is 299 g/mol. The van der Waals surface area contributed by atoms with Crippen LogP contribution in [0, 0.1) is 5.92 Å². The van der Waals surface area contributed by atoms with Gasteiger partial charge in [0, 0.05) is 26.6 Å². The Morgan fingerprint density at radius 3 is 2.80 bits per heavy atom. The molecule has 112 valence electrons. The number of nitrogens with zero attached hydrogens (tertiary/aromatic N) is 3. The highest BCUT2D eigenvalue weighted by Crippen LogP contribution is 2.27. The minimum absolute atomic E-state index is 0.112. The number of carbonyl (C=O) groups excluding carboxylic acids is 1. The summed E-state index contributed by atoms with van der Waals surface area (Å²) in [5.41, 5.74) is 1.22. The van der Waals surface area contributed by atoms with Gasteiger partial charge in [-0.05, 0) is 19.3 Å². The van der Waals surface area contributed by atoms with Crippen LogP contribution >= 0.6 is 11.6 Å². The van der Waals surface area contributed by atoms with Crippen molar-refractivity contribution in [1.82, 2.24) is 14.7 Å². The number of carbonyl (C=O) groups is 1. The molecule has 6 heteroatoms. The van der Waals surface area contributed by atoms with E-state index in [-0.39, 0.29) is 17.9 Å². The summed E-state index contributed by atoms with van der Waals surface area (Å²) in [4.78, 5) is 14.2. The van der Waals surface area contributed by atoms with E-state index in [4.69, 9.17) is 11.6 Å². The molecule has 0 aliphatic heterocycles. The molecule has 1 heterocycles. The average Bonchev–Trinajstić information content (AvgIpc) is 2.94. The highest BCUT2D eigenvalue weighted by atomic mass is 35.5. The number of aliphatic hydroxyl groups is 1. The van der Waals surface area contributed by atoms with Crippen LogP contribution in [0.2, 0.25) is 5.15 Å². The Morgan fingerprint density at radius 1 is 1.55 bits per heavy atom. The first-order chi connectivity index (χ1) is 9.45. The van der Waals surface area contributed by atoms with Crippen LogP contribution in [-0.4, -0.2) is 45.4 Å². The van der Waals surface area contributed by atoms with Crippen molar-refractivity contribution < 1.29 is 9.90 Å². The largest absolute Gasteiger partial charge is 0.393 e. The lowest BCUT2D eigenvalue weighted by atomic mass is 10.1. The zero-order chi connectivity index (χ0) is 14.9. The van der Waals surface area contributed by atoms with Crippen LogP contribution in [0.25, 0.3) is 0 Å². The second-order valence-corrected chi connectivity index (χ2v) is 5.89. The van der Waals surface area contributed by atoms with E-state index in [1.807, 2.05) is 6.92 Å². The van der Waals surface area contributed by atoms with Crippen LogP contribution < -0.4 is 0 Å². The molecule has 5 nitrogen and oxygen atoms in total. The van der Waals surface area contributed by atoms with Crippen molar-refractivity contribution in [3.63, 3.8) is 0 Å². The van der Waals surface area contributed by atoms with Gasteiger partial charge in [0.2, 0.25) is 0 Å². The number of aromatic nitrogens is 2. The number of halogens is 1. The average molecular weight is 300 g/mol. The number of hydrogen-bond donors (Lipinski definition) is 1. The Bertz CT molecular complexity index is 501. The minimum Gasteiger partial charge on any atom is -0.393 e. The van der Waals surface area contributed by atoms with Crippen LogP contribution in [0.5, 0.6) is 0 Å². The van der Waals surface area contributed by atoms with Gasteiger partial charge < -0.3 is 10.0 Å². The van der Waals surface area contributed by atoms with Gasteiger partial charge in [0.1, 0.15) is 5.15 Å². The molecule has 2 atom stereocenters. The van der Waals surface area contributed by atoms with Crippen molar-refractivity contribution in [2.45, 2.75) is 38.7 Å². The van der Waals surface area contributed by atoms with E-state index in [1.54, 1.807) is 19.0 Å². The highest BCUT2D eigenvalue weighted by Gasteiger charge is 2.29. The molecule has 0 spiro atoms. The van der Waals surface area contributed by atoms with Gasteiger partial charge in [-0.15, -0.1) is 0 Å². The molecule has 1 saturated carbocycles. The third-order valence-electron chi connectivity index (χ3n) is 4.07. The van der Waals surface area contributed by atoms with E-state index in [1.165, 1.54) is 4.68 Å². The second kappa shape index (κ2) is 6.14. The van der Waals surface area contributed by atoms with Crippen molar-refractivity contribution >= 4 is 17.5 Å². The third kappa shape index (κ3) is 2.83. The van der Waals surface area contributed by atoms with E-state index in [0.29, 0.717) is 23.7 Å². The lowest BCUT2D eigenvalue weighted by molar-refractivity contribution is 0.0692. The first-order valence-corrected chi connectivity index (χ1v) is 7.48. The molecule has 1 fully saturated rings. The van der Waals surface area contributed by atoms with Crippen LogP contribution in [-0.2, 0) is 13.5 Å². The lowest BCUT2D eigenvalue weighted by Gasteiger charge is -2.23. The maximum atomic E-state index is 12.6. The van der Waals surface area contributed by atoms with E-state index in [9.17, 15) is 9.90 Å². The van der Waals surface area contributed by atoms with E-state index in [0.717, 1.165) is 25.0 Å². The van der Waals surface area contributed by atoms with Crippen LogP contribution in [0.15, 0.2) is 0 Å². The zero-order valence-electron chi connectivity index (χ0n) is 12.3. The zero-order valence-corrected chi connectivity index (χ0v) is 13.0. The molecule has 1 aliphatic carbocycles. The molecular formula is C14H22ClN3O2. The Labute approximate surface area is 124 Å². The molecule has 1 aliphatic rings. The van der Waals surface area contributed by atoms with Gasteiger partial charge in [0.05, 0.1) is 17.4 Å². The maximum Gasteiger partial charge on any atom is 0.258 e. The third-order valence-corrected chi connectivity index (χ3v) is 4.51. The summed E-state index contributed by atoms with van der Waals surface area (Å²) < 4.78 is 1.53. The smallest absolute Gasteiger partial charge is 0.258 e. The molecule has 2 unspecified atom stereocenters. The van der Waals surface area contributed by atoms with Crippen molar-refractivity contribution in [1.29, 1.82) is 0 Å². The summed E-state index contributed by atoms with van der Waals surface area (Å²) >= 11 is 6.18. The molecule has 0 bridgehead atoms. The van der Waals surface area contributed by atoms with Gasteiger partial charge in [0.25, 0.3) is 5.91 Å². The number of aryl methyl sites for hydroxylation is 2. The normalized spacial score (nSPS) is 22.2. The number of hydrogen-bond acceptors (Lipinski definition) is 3. The topological polar surface area (TPSA) is 58.4 Å². The fourth-order valence-corrected chi connectivity index (χ4v) is 3.10. The molecule has 20 heavy (non-hydrogen) atoms. The lowest BCUT2D eigenvalue weighted by Crippen LogP contribution is -2.34. The first-order valence-electron chi connectivity index (χ1n) is 7.10. The van der Waals surface area contributed by atoms with Gasteiger partial charge >= 0.3 is 0 Å². The molecule has 1 aromatic rings. The van der Waals surface area contributed by atoms with Crippen LogP contribution in [0.1, 0.15) is 42.2 Å². The minimum atomic E-state index is -0.291. The Balaban J connectivity index is 2.14. The van der Waals surface area contributed by atoms with Gasteiger partial charge in [0.15, 0.2) is 0 Å². The van der Waals surface area contributed by atoms with Gasteiger partial charge in [-0.2, -0.15) is 5.10 Å². The van der Waals surface area contributed by atoms with Crippen molar-refractivity contribution in [3.05, 3.63) is 16.4 Å². The second-order valence-electron chi connectivity index (χ2n) is 5.53. The van der Waals surface area contributed by atoms with E-state index < -0.39 is 0 Å². The van der Waals surface area contributed by atoms with Crippen LogP contribution in [0.3, 0.4) is 0 Å². The summed E-state index contributed by atoms with van der Waals surface area (Å²) in [6.45, 7) is 2.52. The summed E-state index contributed by atoms with van der Waals surface area (Å²) in [6.07, 6.45) is 3.21. The molecule has 0 radical (unpaired) electrons. The predicted octanol–water partition coefficient (Wildman–Crippen LogP) is 1.87. The summed E-state index contributed by atoms with van der Waals surface area (Å²) in [6, 6.07) is 0. The Hall–Kier alpha value is -1.07. The molecule has 1 aromatic heterocycles. The SMILES string of the molecule is CCc1nn(C)c(Cl)c1C(=O)N(C)CC1CCCC1O. The molecule has 1 amide bonds. The predicted molar refractivity (Wildman–Crippen MR) is 77.9 cm³/mol. The quantitative estimate of drug-likeness (QED) is 0.923. The Kier molecular flexibility index (Phi) is 4.70. The number of rotatable bonds is 4. The fraction of sp³-hybridized carbons (Fsp3) is 0.714. The fourth-order valence-electron chi connectivity index (χ4n) is 2.87. The van der Waals surface area contributed by atoms with Crippen LogP contribution in [0.4, 0.5) is 0 Å². The molecule has 0 aromatic carbocycles. The van der Waals surface area contributed by atoms with Gasteiger partial charge in [-0.25, -0.2) is 0 Å². The molecule has 0 saturated heterocycles. The van der Waals surface area contributed by atoms with Crippen molar-refractivity contribution in [2.75, 3.05) is 13.6 Å². The van der Waals surface area contributed by atoms with Gasteiger partial charge in [-0.3, -0.25) is 9.48 Å². The van der Waals surface area contributed by atoms with Gasteiger partial charge in [-0.1, -0.05) is 24.9 Å². The molecular weight excluding hydrogens is 278 g/mol. The van der Waals surface area contributed by atoms with Crippen molar-refractivity contribution in [2.24, 2.45) is 13.0 Å². The van der Waals surface area contributed by atoms with Crippen molar-refractivity contribution in [3.8, 4) is 0 Å². The Morgan fingerprint density at radius 2 is 2.25 bits per heavy atom. The number of amides is 1. The standard InChI is InChI=1S/C14H22ClN3O2/c1-4-10-12(13(15)18(3)16-10)14(20)17(2)8-9-6-5-7-11(9)19/h9,11,19H,4-8H2,1-3H3. The molecule has 2 rings (SSSR count). The maximum absolute atomic E-state index is 12.6. The number of aliphatic hydroxyl groups excluding tert-OH is 1. The summed E-state index contributed by atoms with van der Waals surface area (Å²) in [5.74, 6) is 0.0588. The van der Waals surface area contributed by atoms with E-state index in [2.05, 4.69) is 5.10 Å². The first kappa shape index (κ1) is 15.3.